The predicted octanol–water partition coefficient (Wildman–Crippen LogP) is 2.27. The Kier molecular flexibility index (Phi) is 6.58. The lowest BCUT2D eigenvalue weighted by atomic mass is 9.97. The van der Waals surface area contributed by atoms with Crippen LogP contribution in [0.2, 0.25) is 0 Å². The Hall–Kier alpha value is -2.11. The molecule has 0 radical (unpaired) electrons. The lowest BCUT2D eigenvalue weighted by Crippen LogP contribution is -2.48. The molecule has 1 saturated heterocycles. The lowest BCUT2D eigenvalue weighted by Gasteiger charge is -2.33. The molecule has 0 aliphatic carbocycles. The third-order valence-corrected chi connectivity index (χ3v) is 4.33. The number of carbonyl (C=O) groups excluding carboxylic acids is 2. The van der Waals surface area contributed by atoms with Crippen LogP contribution in [0.15, 0.2) is 24.3 Å². The Balaban J connectivity index is 1.74. The van der Waals surface area contributed by atoms with Gasteiger partial charge in [0, 0.05) is 33.7 Å². The first-order valence-electron chi connectivity index (χ1n) is 8.46. The molecule has 1 aliphatic heterocycles. The standard InChI is InChI=1S/C18H26FN3O2/c1-21(2)18(24)22-12-6-9-15(13-22)17(23)20-11-5-8-14-7-3-4-10-16(14)19/h3-4,7,10,15H,5-6,8-9,11-13H2,1-2H3,(H,20,23). The number of likely N-dealkylation sites (tertiary alicyclic amines) is 1. The van der Waals surface area contributed by atoms with Crippen LogP contribution in [0.3, 0.4) is 0 Å². The van der Waals surface area contributed by atoms with Gasteiger partial charge in [-0.25, -0.2) is 9.18 Å². The Morgan fingerprint density at radius 2 is 2.08 bits per heavy atom. The molecule has 1 aromatic rings. The molecule has 0 aromatic heterocycles. The monoisotopic (exact) mass is 335 g/mol. The summed E-state index contributed by atoms with van der Waals surface area (Å²) >= 11 is 0. The molecule has 24 heavy (non-hydrogen) atoms. The molecule has 0 bridgehead atoms. The van der Waals surface area contributed by atoms with Crippen LogP contribution in [0.5, 0.6) is 0 Å². The van der Waals surface area contributed by atoms with Crippen molar-refractivity contribution < 1.29 is 14.0 Å². The summed E-state index contributed by atoms with van der Waals surface area (Å²) in [4.78, 5) is 27.5. The van der Waals surface area contributed by atoms with Crippen molar-refractivity contribution in [3.63, 3.8) is 0 Å². The highest BCUT2D eigenvalue weighted by molar-refractivity contribution is 5.80. The van der Waals surface area contributed by atoms with Crippen molar-refractivity contribution in [2.45, 2.75) is 25.7 Å². The lowest BCUT2D eigenvalue weighted by molar-refractivity contribution is -0.126. The van der Waals surface area contributed by atoms with Crippen LogP contribution in [0.1, 0.15) is 24.8 Å². The average Bonchev–Trinajstić information content (AvgIpc) is 2.59. The van der Waals surface area contributed by atoms with E-state index in [9.17, 15) is 14.0 Å². The number of rotatable bonds is 5. The molecule has 1 aliphatic rings. The van der Waals surface area contributed by atoms with E-state index in [1.165, 1.54) is 11.0 Å². The summed E-state index contributed by atoms with van der Waals surface area (Å²) in [5, 5.41) is 2.92. The van der Waals surface area contributed by atoms with E-state index < -0.39 is 0 Å². The van der Waals surface area contributed by atoms with E-state index in [-0.39, 0.29) is 23.7 Å². The SMILES string of the molecule is CN(C)C(=O)N1CCCC(C(=O)NCCCc2ccccc2F)C1. The number of hydrogen-bond acceptors (Lipinski definition) is 2. The summed E-state index contributed by atoms with van der Waals surface area (Å²) in [5.41, 5.74) is 0.673. The molecule has 3 amide bonds. The number of piperidine rings is 1. The molecule has 1 fully saturated rings. The molecule has 132 valence electrons. The highest BCUT2D eigenvalue weighted by Crippen LogP contribution is 2.17. The van der Waals surface area contributed by atoms with E-state index in [0.717, 1.165) is 12.8 Å². The molecule has 1 atom stereocenters. The van der Waals surface area contributed by atoms with Crippen LogP contribution >= 0.6 is 0 Å². The summed E-state index contributed by atoms with van der Waals surface area (Å²) in [6.45, 7) is 1.69. The zero-order valence-corrected chi connectivity index (χ0v) is 14.4. The van der Waals surface area contributed by atoms with E-state index >= 15 is 0 Å². The van der Waals surface area contributed by atoms with Gasteiger partial charge < -0.3 is 15.1 Å². The normalized spacial score (nSPS) is 17.5. The van der Waals surface area contributed by atoms with Gasteiger partial charge in [0.25, 0.3) is 0 Å². The maximum Gasteiger partial charge on any atom is 0.319 e. The molecular formula is C18H26FN3O2. The van der Waals surface area contributed by atoms with Crippen LogP contribution < -0.4 is 5.32 Å². The van der Waals surface area contributed by atoms with Crippen LogP contribution in [0.25, 0.3) is 0 Å². The Morgan fingerprint density at radius 3 is 2.79 bits per heavy atom. The molecule has 1 N–H and O–H groups in total. The van der Waals surface area contributed by atoms with E-state index in [1.807, 2.05) is 6.07 Å². The zero-order chi connectivity index (χ0) is 17.5. The van der Waals surface area contributed by atoms with Crippen LogP contribution in [0.4, 0.5) is 9.18 Å². The van der Waals surface area contributed by atoms with Crippen LogP contribution in [-0.4, -0.2) is 55.5 Å². The molecular weight excluding hydrogens is 309 g/mol. The van der Waals surface area contributed by atoms with Crippen molar-refractivity contribution in [1.82, 2.24) is 15.1 Å². The Labute approximate surface area is 142 Å². The summed E-state index contributed by atoms with van der Waals surface area (Å²) in [6, 6.07) is 6.65. The maximum atomic E-state index is 13.5. The Bertz CT molecular complexity index is 577. The van der Waals surface area contributed by atoms with Gasteiger partial charge in [-0.2, -0.15) is 0 Å². The summed E-state index contributed by atoms with van der Waals surface area (Å²) in [5.74, 6) is -0.371. The molecule has 5 nitrogen and oxygen atoms in total. The van der Waals surface area contributed by atoms with Gasteiger partial charge in [-0.1, -0.05) is 18.2 Å². The summed E-state index contributed by atoms with van der Waals surface area (Å²) in [7, 11) is 3.43. The van der Waals surface area contributed by atoms with E-state index in [0.29, 0.717) is 38.0 Å². The van der Waals surface area contributed by atoms with Crippen molar-refractivity contribution in [1.29, 1.82) is 0 Å². The maximum absolute atomic E-state index is 13.5. The van der Waals surface area contributed by atoms with Crippen molar-refractivity contribution in [3.05, 3.63) is 35.6 Å². The first kappa shape index (κ1) is 18.2. The number of benzene rings is 1. The highest BCUT2D eigenvalue weighted by atomic mass is 19.1. The van der Waals surface area contributed by atoms with Gasteiger partial charge in [-0.15, -0.1) is 0 Å². The topological polar surface area (TPSA) is 52.7 Å². The Morgan fingerprint density at radius 1 is 1.33 bits per heavy atom. The summed E-state index contributed by atoms with van der Waals surface area (Å²) in [6.07, 6.45) is 2.94. The van der Waals surface area contributed by atoms with E-state index in [4.69, 9.17) is 0 Å². The fraction of sp³-hybridized carbons (Fsp3) is 0.556. The molecule has 6 heteroatoms. The van der Waals surface area contributed by atoms with Gasteiger partial charge in [0.05, 0.1) is 5.92 Å². The smallest absolute Gasteiger partial charge is 0.319 e. The first-order chi connectivity index (χ1) is 11.5. The molecule has 1 unspecified atom stereocenters. The minimum Gasteiger partial charge on any atom is -0.356 e. The van der Waals surface area contributed by atoms with Crippen LogP contribution in [-0.2, 0) is 11.2 Å². The van der Waals surface area contributed by atoms with E-state index in [2.05, 4.69) is 5.32 Å². The molecule has 0 spiro atoms. The average molecular weight is 335 g/mol. The van der Waals surface area contributed by atoms with Gasteiger partial charge in [0.2, 0.25) is 5.91 Å². The number of amides is 3. The second-order valence-corrected chi connectivity index (χ2v) is 6.45. The number of urea groups is 1. The van der Waals surface area contributed by atoms with Crippen molar-refractivity contribution in [3.8, 4) is 0 Å². The number of nitrogens with one attached hydrogen (secondary N) is 1. The largest absolute Gasteiger partial charge is 0.356 e. The van der Waals surface area contributed by atoms with Gasteiger partial charge in [0.1, 0.15) is 5.82 Å². The molecule has 0 saturated carbocycles. The number of carbonyl (C=O) groups is 2. The first-order valence-corrected chi connectivity index (χ1v) is 8.46. The number of nitrogens with zero attached hydrogens (tertiary/aromatic N) is 2. The minimum atomic E-state index is -0.200. The van der Waals surface area contributed by atoms with Gasteiger partial charge >= 0.3 is 6.03 Å². The number of hydrogen-bond donors (Lipinski definition) is 1. The predicted molar refractivity (Wildman–Crippen MR) is 91.1 cm³/mol. The highest BCUT2D eigenvalue weighted by Gasteiger charge is 2.28. The fourth-order valence-corrected chi connectivity index (χ4v) is 2.98. The molecule has 1 aromatic carbocycles. The number of aryl methyl sites for hydroxylation is 1. The van der Waals surface area contributed by atoms with E-state index in [1.54, 1.807) is 31.1 Å². The quantitative estimate of drug-likeness (QED) is 0.839. The molecule has 2 rings (SSSR count). The van der Waals surface area contributed by atoms with Gasteiger partial charge in [0.15, 0.2) is 0 Å². The second kappa shape index (κ2) is 8.66. The molecule has 1 heterocycles. The van der Waals surface area contributed by atoms with Gasteiger partial charge in [-0.3, -0.25) is 4.79 Å². The fourth-order valence-electron chi connectivity index (χ4n) is 2.98. The minimum absolute atomic E-state index is 0.0141. The zero-order valence-electron chi connectivity index (χ0n) is 14.4. The second-order valence-electron chi connectivity index (χ2n) is 6.45. The van der Waals surface area contributed by atoms with Gasteiger partial charge in [-0.05, 0) is 37.3 Å². The number of halogens is 1. The summed E-state index contributed by atoms with van der Waals surface area (Å²) < 4.78 is 13.5. The van der Waals surface area contributed by atoms with Crippen LogP contribution in [0, 0.1) is 11.7 Å². The van der Waals surface area contributed by atoms with Crippen molar-refractivity contribution >= 4 is 11.9 Å². The third kappa shape index (κ3) is 4.94. The third-order valence-electron chi connectivity index (χ3n) is 4.33. The van der Waals surface area contributed by atoms with Crippen molar-refractivity contribution in [2.75, 3.05) is 33.7 Å². The van der Waals surface area contributed by atoms with Crippen molar-refractivity contribution in [2.24, 2.45) is 5.92 Å².